The summed E-state index contributed by atoms with van der Waals surface area (Å²) in [6.45, 7) is 6.99. The zero-order chi connectivity index (χ0) is 13.1. The molecule has 2 nitrogen and oxygen atoms in total. The lowest BCUT2D eigenvalue weighted by Gasteiger charge is -2.21. The van der Waals surface area contributed by atoms with Crippen LogP contribution in [0.5, 0.6) is 0 Å². The maximum atomic E-state index is 5.63. The molecule has 0 aliphatic rings. The topological polar surface area (TPSA) is 12.5 Å². The monoisotopic (exact) mass is 313 g/mol. The molecule has 102 valence electrons. The van der Waals surface area contributed by atoms with Crippen LogP contribution in [0.1, 0.15) is 25.3 Å². The van der Waals surface area contributed by atoms with E-state index in [0.29, 0.717) is 0 Å². The van der Waals surface area contributed by atoms with Gasteiger partial charge in [-0.05, 0) is 12.0 Å². The van der Waals surface area contributed by atoms with Crippen LogP contribution < -0.4 is 0 Å². The molecular formula is C15H24BrNO. The van der Waals surface area contributed by atoms with Crippen LogP contribution in [0.4, 0.5) is 0 Å². The predicted octanol–water partition coefficient (Wildman–Crippen LogP) is 3.70. The van der Waals surface area contributed by atoms with Crippen molar-refractivity contribution >= 4 is 15.9 Å². The van der Waals surface area contributed by atoms with Crippen molar-refractivity contribution in [1.82, 2.24) is 4.90 Å². The van der Waals surface area contributed by atoms with E-state index in [-0.39, 0.29) is 0 Å². The van der Waals surface area contributed by atoms with Gasteiger partial charge in [-0.25, -0.2) is 0 Å². The van der Waals surface area contributed by atoms with E-state index in [2.05, 4.69) is 58.1 Å². The number of hydrogen-bond donors (Lipinski definition) is 0. The molecule has 0 heterocycles. The Morgan fingerprint density at radius 3 is 2.56 bits per heavy atom. The standard InChI is InChI=1S/C15H24BrNO/c1-2-3-12-18-13-11-17(10-9-16)14-15-7-5-4-6-8-15/h4-8H,2-3,9-14H2,1H3. The number of ether oxygens (including phenoxy) is 1. The lowest BCUT2D eigenvalue weighted by molar-refractivity contribution is 0.101. The average Bonchev–Trinajstić information content (AvgIpc) is 2.40. The minimum absolute atomic E-state index is 0.833. The number of halogens is 1. The molecule has 0 aliphatic carbocycles. The highest BCUT2D eigenvalue weighted by Gasteiger charge is 2.04. The molecule has 0 bridgehead atoms. The number of rotatable bonds is 10. The molecule has 1 aromatic carbocycles. The van der Waals surface area contributed by atoms with E-state index >= 15 is 0 Å². The molecule has 0 radical (unpaired) electrons. The van der Waals surface area contributed by atoms with E-state index in [4.69, 9.17) is 4.74 Å². The Labute approximate surface area is 119 Å². The molecule has 0 fully saturated rings. The first kappa shape index (κ1) is 15.7. The smallest absolute Gasteiger partial charge is 0.0593 e. The van der Waals surface area contributed by atoms with Crippen LogP contribution in [0.2, 0.25) is 0 Å². The fourth-order valence-corrected chi connectivity index (χ4v) is 2.27. The van der Waals surface area contributed by atoms with Crippen molar-refractivity contribution in [3.63, 3.8) is 0 Å². The molecular weight excluding hydrogens is 290 g/mol. The first-order chi connectivity index (χ1) is 8.86. The van der Waals surface area contributed by atoms with Crippen molar-refractivity contribution in [1.29, 1.82) is 0 Å². The van der Waals surface area contributed by atoms with Gasteiger partial charge in [0.1, 0.15) is 0 Å². The molecule has 1 aromatic rings. The summed E-state index contributed by atoms with van der Waals surface area (Å²) in [4.78, 5) is 2.43. The summed E-state index contributed by atoms with van der Waals surface area (Å²) in [7, 11) is 0. The summed E-state index contributed by atoms with van der Waals surface area (Å²) in [5.74, 6) is 0. The van der Waals surface area contributed by atoms with Gasteiger partial charge in [0.15, 0.2) is 0 Å². The molecule has 0 unspecified atom stereocenters. The maximum absolute atomic E-state index is 5.63. The van der Waals surface area contributed by atoms with E-state index < -0.39 is 0 Å². The second kappa shape index (κ2) is 10.5. The third kappa shape index (κ3) is 7.14. The SMILES string of the molecule is CCCCOCCN(CCBr)Cc1ccccc1. The minimum Gasteiger partial charge on any atom is -0.380 e. The highest BCUT2D eigenvalue weighted by Crippen LogP contribution is 2.04. The summed E-state index contributed by atoms with van der Waals surface area (Å²) in [6, 6.07) is 10.6. The second-order valence-corrected chi connectivity index (χ2v) is 5.21. The largest absolute Gasteiger partial charge is 0.380 e. The average molecular weight is 314 g/mol. The van der Waals surface area contributed by atoms with Crippen LogP contribution >= 0.6 is 15.9 Å². The first-order valence-corrected chi connectivity index (χ1v) is 7.89. The second-order valence-electron chi connectivity index (χ2n) is 4.42. The maximum Gasteiger partial charge on any atom is 0.0593 e. The number of unbranched alkanes of at least 4 members (excludes halogenated alkanes) is 1. The molecule has 18 heavy (non-hydrogen) atoms. The number of benzene rings is 1. The minimum atomic E-state index is 0.833. The third-order valence-electron chi connectivity index (χ3n) is 2.84. The van der Waals surface area contributed by atoms with E-state index in [0.717, 1.165) is 44.6 Å². The van der Waals surface area contributed by atoms with Gasteiger partial charge in [0, 0.05) is 31.6 Å². The van der Waals surface area contributed by atoms with Gasteiger partial charge in [-0.1, -0.05) is 59.6 Å². The molecule has 0 aliphatic heterocycles. The molecule has 1 rings (SSSR count). The van der Waals surface area contributed by atoms with Crippen LogP contribution in [0, 0.1) is 0 Å². The summed E-state index contributed by atoms with van der Waals surface area (Å²) < 4.78 is 5.63. The Bertz CT molecular complexity index is 292. The molecule has 3 heteroatoms. The normalized spacial score (nSPS) is 11.1. The van der Waals surface area contributed by atoms with Crippen LogP contribution in [0.3, 0.4) is 0 Å². The zero-order valence-electron chi connectivity index (χ0n) is 11.3. The highest BCUT2D eigenvalue weighted by molar-refractivity contribution is 9.09. The van der Waals surface area contributed by atoms with Crippen molar-refractivity contribution in [2.75, 3.05) is 31.6 Å². The van der Waals surface area contributed by atoms with Crippen LogP contribution in [-0.4, -0.2) is 36.5 Å². The highest BCUT2D eigenvalue weighted by atomic mass is 79.9. The Balaban J connectivity index is 2.26. The van der Waals surface area contributed by atoms with E-state index in [1.807, 2.05) is 0 Å². The quantitative estimate of drug-likeness (QED) is 0.482. The number of alkyl halides is 1. The molecule has 0 atom stereocenters. The Hall–Kier alpha value is -0.380. The summed E-state index contributed by atoms with van der Waals surface area (Å²) in [6.07, 6.45) is 2.37. The fourth-order valence-electron chi connectivity index (χ4n) is 1.77. The Morgan fingerprint density at radius 2 is 1.89 bits per heavy atom. The number of nitrogens with zero attached hydrogens (tertiary/aromatic N) is 1. The van der Waals surface area contributed by atoms with Crippen molar-refractivity contribution in [3.8, 4) is 0 Å². The van der Waals surface area contributed by atoms with Crippen molar-refractivity contribution in [2.24, 2.45) is 0 Å². The fraction of sp³-hybridized carbons (Fsp3) is 0.600. The molecule has 0 N–H and O–H groups in total. The van der Waals surface area contributed by atoms with Gasteiger partial charge in [0.2, 0.25) is 0 Å². The van der Waals surface area contributed by atoms with Gasteiger partial charge in [-0.2, -0.15) is 0 Å². The zero-order valence-corrected chi connectivity index (χ0v) is 12.9. The van der Waals surface area contributed by atoms with Gasteiger partial charge < -0.3 is 4.74 Å². The Morgan fingerprint density at radius 1 is 1.11 bits per heavy atom. The molecule has 0 saturated heterocycles. The van der Waals surface area contributed by atoms with Crippen LogP contribution in [-0.2, 0) is 11.3 Å². The van der Waals surface area contributed by atoms with Crippen molar-refractivity contribution < 1.29 is 4.74 Å². The predicted molar refractivity (Wildman–Crippen MR) is 81.2 cm³/mol. The molecule has 0 spiro atoms. The molecule has 0 aromatic heterocycles. The van der Waals surface area contributed by atoms with Gasteiger partial charge in [0.25, 0.3) is 0 Å². The number of hydrogen-bond acceptors (Lipinski definition) is 2. The van der Waals surface area contributed by atoms with Gasteiger partial charge in [-0.3, -0.25) is 4.90 Å². The van der Waals surface area contributed by atoms with E-state index in [1.165, 1.54) is 12.0 Å². The van der Waals surface area contributed by atoms with Crippen LogP contribution in [0.15, 0.2) is 30.3 Å². The molecule has 0 saturated carbocycles. The van der Waals surface area contributed by atoms with Gasteiger partial charge in [0.05, 0.1) is 6.61 Å². The lowest BCUT2D eigenvalue weighted by Crippen LogP contribution is -2.29. The van der Waals surface area contributed by atoms with Crippen LogP contribution in [0.25, 0.3) is 0 Å². The summed E-state index contributed by atoms with van der Waals surface area (Å²) in [5, 5.41) is 1.01. The van der Waals surface area contributed by atoms with Gasteiger partial charge in [-0.15, -0.1) is 0 Å². The Kier molecular flexibility index (Phi) is 9.17. The van der Waals surface area contributed by atoms with Crippen molar-refractivity contribution in [3.05, 3.63) is 35.9 Å². The summed E-state index contributed by atoms with van der Waals surface area (Å²) in [5.41, 5.74) is 1.37. The van der Waals surface area contributed by atoms with Crippen molar-refractivity contribution in [2.45, 2.75) is 26.3 Å². The van der Waals surface area contributed by atoms with Gasteiger partial charge >= 0.3 is 0 Å². The molecule has 0 amide bonds. The summed E-state index contributed by atoms with van der Waals surface area (Å²) >= 11 is 3.51. The van der Waals surface area contributed by atoms with E-state index in [9.17, 15) is 0 Å². The third-order valence-corrected chi connectivity index (χ3v) is 3.20. The lowest BCUT2D eigenvalue weighted by atomic mass is 10.2. The first-order valence-electron chi connectivity index (χ1n) is 6.76. The van der Waals surface area contributed by atoms with E-state index in [1.54, 1.807) is 0 Å².